The van der Waals surface area contributed by atoms with Gasteiger partial charge < -0.3 is 0 Å². The minimum Gasteiger partial charge on any atom is -0.0990 e. The first-order chi connectivity index (χ1) is 4.77. The predicted octanol–water partition coefficient (Wildman–Crippen LogP) is 2.92. The van der Waals surface area contributed by atoms with Crippen LogP contribution in [0.3, 0.4) is 0 Å². The second-order valence-electron chi connectivity index (χ2n) is 3.64. The summed E-state index contributed by atoms with van der Waals surface area (Å²) in [7, 11) is 0. The minimum absolute atomic E-state index is 0.435. The Labute approximate surface area is 62.6 Å². The number of hydrogen-bond acceptors (Lipinski definition) is 0. The topological polar surface area (TPSA) is 0 Å². The molecule has 0 radical (unpaired) electrons. The molecule has 0 heteroatoms. The van der Waals surface area contributed by atoms with E-state index in [4.69, 9.17) is 0 Å². The molecule has 0 saturated heterocycles. The molecule has 0 spiro atoms. The normalized spacial score (nSPS) is 43.3. The molecule has 0 amide bonds. The van der Waals surface area contributed by atoms with E-state index in [2.05, 4.69) is 25.7 Å². The average molecular weight is 134 g/mol. The van der Waals surface area contributed by atoms with Crippen molar-refractivity contribution in [2.75, 3.05) is 0 Å². The van der Waals surface area contributed by atoms with Crippen molar-refractivity contribution in [3.05, 3.63) is 24.3 Å². The van der Waals surface area contributed by atoms with Gasteiger partial charge in [0.15, 0.2) is 0 Å². The van der Waals surface area contributed by atoms with Gasteiger partial charge >= 0.3 is 0 Å². The molecule has 0 aromatic rings. The summed E-state index contributed by atoms with van der Waals surface area (Å²) in [5, 5.41) is 0. The molecule has 10 heavy (non-hydrogen) atoms. The zero-order chi connectivity index (χ0) is 7.19. The highest BCUT2D eigenvalue weighted by Crippen LogP contribution is 2.53. The molecule has 2 rings (SSSR count). The van der Waals surface area contributed by atoms with Crippen molar-refractivity contribution < 1.29 is 0 Å². The molecular weight excluding hydrogens is 120 g/mol. The molecule has 0 aromatic carbocycles. The van der Waals surface area contributed by atoms with Gasteiger partial charge in [0, 0.05) is 5.41 Å². The maximum atomic E-state index is 4.13. The highest BCUT2D eigenvalue weighted by Gasteiger charge is 2.41. The fourth-order valence-corrected chi connectivity index (χ4v) is 2.36. The molecule has 2 unspecified atom stereocenters. The van der Waals surface area contributed by atoms with Crippen LogP contribution in [0.25, 0.3) is 0 Å². The summed E-state index contributed by atoms with van der Waals surface area (Å²) in [5.41, 5.74) is 1.91. The van der Waals surface area contributed by atoms with E-state index in [0.717, 1.165) is 5.92 Å². The van der Waals surface area contributed by atoms with Crippen molar-refractivity contribution in [1.29, 1.82) is 0 Å². The SMILES string of the molecule is C=C1CC2C=CC1(CC)C2. The number of allylic oxidation sites excluding steroid dienone is 3. The van der Waals surface area contributed by atoms with Crippen LogP contribution in [0.5, 0.6) is 0 Å². The summed E-state index contributed by atoms with van der Waals surface area (Å²) >= 11 is 0. The van der Waals surface area contributed by atoms with Crippen LogP contribution in [0.2, 0.25) is 0 Å². The Balaban J connectivity index is 2.37. The highest BCUT2D eigenvalue weighted by atomic mass is 14.5. The van der Waals surface area contributed by atoms with E-state index in [9.17, 15) is 0 Å². The van der Waals surface area contributed by atoms with E-state index < -0.39 is 0 Å². The Kier molecular flexibility index (Phi) is 1.08. The average Bonchev–Trinajstić information content (AvgIpc) is 2.44. The third kappa shape index (κ3) is 0.570. The summed E-state index contributed by atoms with van der Waals surface area (Å²) in [6.45, 7) is 6.40. The molecule has 0 nitrogen and oxygen atoms in total. The van der Waals surface area contributed by atoms with Crippen LogP contribution in [0.1, 0.15) is 26.2 Å². The molecule has 54 valence electrons. The Hall–Kier alpha value is -0.520. The summed E-state index contributed by atoms with van der Waals surface area (Å²) < 4.78 is 0. The summed E-state index contributed by atoms with van der Waals surface area (Å²) in [6, 6.07) is 0. The maximum Gasteiger partial charge on any atom is 0.00914 e. The van der Waals surface area contributed by atoms with Crippen LogP contribution in [-0.2, 0) is 0 Å². The van der Waals surface area contributed by atoms with E-state index in [1.807, 2.05) is 0 Å². The smallest absolute Gasteiger partial charge is 0.00914 e. The largest absolute Gasteiger partial charge is 0.0990 e. The van der Waals surface area contributed by atoms with Crippen molar-refractivity contribution in [3.8, 4) is 0 Å². The summed E-state index contributed by atoms with van der Waals surface area (Å²) in [4.78, 5) is 0. The Bertz CT molecular complexity index is 200. The number of fused-ring (bicyclic) bond motifs is 2. The van der Waals surface area contributed by atoms with Gasteiger partial charge in [0.05, 0.1) is 0 Å². The van der Waals surface area contributed by atoms with Gasteiger partial charge in [-0.15, -0.1) is 0 Å². The molecule has 0 aliphatic heterocycles. The zero-order valence-electron chi connectivity index (χ0n) is 6.56. The standard InChI is InChI=1S/C10H14/c1-3-10-5-4-9(7-10)6-8(10)2/h4-5,9H,2-3,6-7H2,1H3. The fourth-order valence-electron chi connectivity index (χ4n) is 2.36. The minimum atomic E-state index is 0.435. The lowest BCUT2D eigenvalue weighted by molar-refractivity contribution is 0.461. The van der Waals surface area contributed by atoms with Gasteiger partial charge in [-0.3, -0.25) is 0 Å². The first-order valence-corrected chi connectivity index (χ1v) is 4.14. The lowest BCUT2D eigenvalue weighted by Crippen LogP contribution is -2.11. The van der Waals surface area contributed by atoms with Gasteiger partial charge in [-0.25, -0.2) is 0 Å². The van der Waals surface area contributed by atoms with E-state index in [1.54, 1.807) is 0 Å². The molecule has 2 bridgehead atoms. The van der Waals surface area contributed by atoms with Crippen LogP contribution in [-0.4, -0.2) is 0 Å². The van der Waals surface area contributed by atoms with Crippen LogP contribution in [0.15, 0.2) is 24.3 Å². The van der Waals surface area contributed by atoms with Crippen LogP contribution in [0.4, 0.5) is 0 Å². The Morgan fingerprint density at radius 2 is 2.60 bits per heavy atom. The lowest BCUT2D eigenvalue weighted by Gasteiger charge is -2.23. The molecule has 2 aliphatic rings. The quantitative estimate of drug-likeness (QED) is 0.484. The molecule has 0 N–H and O–H groups in total. The van der Waals surface area contributed by atoms with Gasteiger partial charge in [0.25, 0.3) is 0 Å². The molecule has 1 saturated carbocycles. The third-order valence-corrected chi connectivity index (χ3v) is 3.16. The molecule has 2 atom stereocenters. The Morgan fingerprint density at radius 1 is 1.80 bits per heavy atom. The molecular formula is C10H14. The first-order valence-electron chi connectivity index (χ1n) is 4.14. The van der Waals surface area contributed by atoms with Gasteiger partial charge in [-0.05, 0) is 25.2 Å². The predicted molar refractivity (Wildman–Crippen MR) is 43.7 cm³/mol. The van der Waals surface area contributed by atoms with Crippen molar-refractivity contribution in [1.82, 2.24) is 0 Å². The molecule has 0 heterocycles. The second-order valence-corrected chi connectivity index (χ2v) is 3.64. The van der Waals surface area contributed by atoms with Crippen molar-refractivity contribution in [2.45, 2.75) is 26.2 Å². The van der Waals surface area contributed by atoms with Gasteiger partial charge in [-0.1, -0.05) is 31.2 Å². The van der Waals surface area contributed by atoms with Crippen LogP contribution < -0.4 is 0 Å². The number of rotatable bonds is 1. The summed E-state index contributed by atoms with van der Waals surface area (Å²) in [6.07, 6.45) is 8.60. The number of hydrogen-bond donors (Lipinski definition) is 0. The monoisotopic (exact) mass is 134 g/mol. The third-order valence-electron chi connectivity index (χ3n) is 3.16. The second kappa shape index (κ2) is 1.75. The van der Waals surface area contributed by atoms with Gasteiger partial charge in [-0.2, -0.15) is 0 Å². The highest BCUT2D eigenvalue weighted by molar-refractivity contribution is 5.32. The van der Waals surface area contributed by atoms with Crippen LogP contribution >= 0.6 is 0 Å². The van der Waals surface area contributed by atoms with Crippen LogP contribution in [0, 0.1) is 11.3 Å². The zero-order valence-corrected chi connectivity index (χ0v) is 6.56. The van der Waals surface area contributed by atoms with Crippen molar-refractivity contribution >= 4 is 0 Å². The Morgan fingerprint density at radius 3 is 2.90 bits per heavy atom. The van der Waals surface area contributed by atoms with Gasteiger partial charge in [0.1, 0.15) is 0 Å². The maximum absolute atomic E-state index is 4.13. The summed E-state index contributed by atoms with van der Waals surface area (Å²) in [5.74, 6) is 0.840. The molecule has 2 aliphatic carbocycles. The van der Waals surface area contributed by atoms with E-state index in [0.29, 0.717) is 5.41 Å². The van der Waals surface area contributed by atoms with Gasteiger partial charge in [0.2, 0.25) is 0 Å². The molecule has 0 aromatic heterocycles. The molecule has 1 fully saturated rings. The van der Waals surface area contributed by atoms with Crippen molar-refractivity contribution in [3.63, 3.8) is 0 Å². The first kappa shape index (κ1) is 6.21. The lowest BCUT2D eigenvalue weighted by atomic mass is 9.82. The fraction of sp³-hybridized carbons (Fsp3) is 0.600. The van der Waals surface area contributed by atoms with E-state index in [1.165, 1.54) is 24.8 Å². The van der Waals surface area contributed by atoms with E-state index in [-0.39, 0.29) is 0 Å². The van der Waals surface area contributed by atoms with E-state index >= 15 is 0 Å². The van der Waals surface area contributed by atoms with Crippen molar-refractivity contribution in [2.24, 2.45) is 11.3 Å².